The number of nitrogens with zero attached hydrogens (tertiary/aromatic N) is 1. The highest BCUT2D eigenvalue weighted by molar-refractivity contribution is 9.09. The van der Waals surface area contributed by atoms with Crippen LogP contribution in [0.1, 0.15) is 30.2 Å². The summed E-state index contributed by atoms with van der Waals surface area (Å²) in [6, 6.07) is 6.75. The minimum Gasteiger partial charge on any atom is -0.258 e. The Morgan fingerprint density at radius 1 is 1.57 bits per heavy atom. The van der Waals surface area contributed by atoms with Crippen molar-refractivity contribution in [3.8, 4) is 0 Å². The second-order valence-corrected chi connectivity index (χ2v) is 4.21. The van der Waals surface area contributed by atoms with Gasteiger partial charge in [-0.1, -0.05) is 41.4 Å². The quantitative estimate of drug-likeness (QED) is 0.468. The molecule has 1 aromatic carbocycles. The largest absolute Gasteiger partial charge is 0.269 e. The molecule has 0 aliphatic carbocycles. The van der Waals surface area contributed by atoms with Crippen LogP contribution in [0.4, 0.5) is 5.69 Å². The van der Waals surface area contributed by atoms with Gasteiger partial charge in [0.05, 0.1) is 4.92 Å². The summed E-state index contributed by atoms with van der Waals surface area (Å²) in [6.45, 7) is 2.09. The summed E-state index contributed by atoms with van der Waals surface area (Å²) in [7, 11) is 0. The number of hydrogen-bond donors (Lipinski definition) is 0. The molecule has 0 radical (unpaired) electrons. The summed E-state index contributed by atoms with van der Waals surface area (Å²) in [5.74, 6) is 0. The molecule has 0 aliphatic rings. The Morgan fingerprint density at radius 2 is 2.29 bits per heavy atom. The lowest BCUT2D eigenvalue weighted by Gasteiger charge is -2.07. The summed E-state index contributed by atoms with van der Waals surface area (Å²) in [4.78, 5) is 10.4. The van der Waals surface area contributed by atoms with Gasteiger partial charge in [-0.15, -0.1) is 0 Å². The average Bonchev–Trinajstić information content (AvgIpc) is 2.18. The summed E-state index contributed by atoms with van der Waals surface area (Å²) in [5, 5.41) is 10.5. The Balaban J connectivity index is 2.87. The normalized spacial score (nSPS) is 12.4. The molecule has 76 valence electrons. The first-order valence-electron chi connectivity index (χ1n) is 4.53. The molecule has 1 rings (SSSR count). The van der Waals surface area contributed by atoms with E-state index in [-0.39, 0.29) is 15.4 Å². The maximum absolute atomic E-state index is 10.5. The maximum Gasteiger partial charge on any atom is 0.269 e. The number of benzene rings is 1. The van der Waals surface area contributed by atoms with Crippen molar-refractivity contribution in [2.75, 3.05) is 0 Å². The van der Waals surface area contributed by atoms with Crippen LogP contribution >= 0.6 is 15.9 Å². The first-order valence-corrected chi connectivity index (χ1v) is 5.45. The van der Waals surface area contributed by atoms with Crippen LogP contribution in [0.5, 0.6) is 0 Å². The lowest BCUT2D eigenvalue weighted by molar-refractivity contribution is -0.384. The van der Waals surface area contributed by atoms with E-state index < -0.39 is 0 Å². The van der Waals surface area contributed by atoms with E-state index in [2.05, 4.69) is 22.9 Å². The predicted octanol–water partition coefficient (Wildman–Crippen LogP) is 3.83. The van der Waals surface area contributed by atoms with Crippen LogP contribution in [0, 0.1) is 10.1 Å². The maximum atomic E-state index is 10.5. The number of nitro groups is 1. The fourth-order valence-electron chi connectivity index (χ4n) is 1.25. The van der Waals surface area contributed by atoms with Gasteiger partial charge in [0.1, 0.15) is 0 Å². The molecule has 0 amide bonds. The van der Waals surface area contributed by atoms with E-state index in [4.69, 9.17) is 0 Å². The highest BCUT2D eigenvalue weighted by Gasteiger charge is 2.10. The Labute approximate surface area is 91.4 Å². The zero-order chi connectivity index (χ0) is 10.6. The number of non-ortho nitro benzene ring substituents is 1. The van der Waals surface area contributed by atoms with Crippen molar-refractivity contribution >= 4 is 21.6 Å². The Morgan fingerprint density at radius 3 is 2.86 bits per heavy atom. The minimum atomic E-state index is -0.366. The van der Waals surface area contributed by atoms with E-state index >= 15 is 0 Å². The predicted molar refractivity (Wildman–Crippen MR) is 59.7 cm³/mol. The third kappa shape index (κ3) is 2.80. The molecule has 14 heavy (non-hydrogen) atoms. The number of nitro benzene ring substituents is 1. The summed E-state index contributed by atoms with van der Waals surface area (Å²) >= 11 is 3.51. The molecule has 0 unspecified atom stereocenters. The molecule has 0 N–H and O–H groups in total. The van der Waals surface area contributed by atoms with Gasteiger partial charge < -0.3 is 0 Å². The van der Waals surface area contributed by atoms with Crippen LogP contribution in [-0.2, 0) is 0 Å². The molecular weight excluding hydrogens is 246 g/mol. The van der Waals surface area contributed by atoms with Gasteiger partial charge in [-0.3, -0.25) is 10.1 Å². The van der Waals surface area contributed by atoms with Gasteiger partial charge in [0, 0.05) is 17.0 Å². The highest BCUT2D eigenvalue weighted by atomic mass is 79.9. The molecule has 0 aliphatic heterocycles. The molecule has 0 aromatic heterocycles. The summed E-state index contributed by atoms with van der Waals surface area (Å²) in [5.41, 5.74) is 1.13. The SMILES string of the molecule is CCC[C@@H](Br)c1cccc([N+](=O)[O-])c1. The molecule has 3 nitrogen and oxygen atoms in total. The monoisotopic (exact) mass is 257 g/mol. The lowest BCUT2D eigenvalue weighted by Crippen LogP contribution is -1.92. The second kappa shape index (κ2) is 5.10. The van der Waals surface area contributed by atoms with Crippen LogP contribution < -0.4 is 0 Å². The van der Waals surface area contributed by atoms with E-state index in [1.54, 1.807) is 12.1 Å². The molecule has 0 saturated heterocycles. The topological polar surface area (TPSA) is 43.1 Å². The van der Waals surface area contributed by atoms with Crippen molar-refractivity contribution in [1.29, 1.82) is 0 Å². The molecule has 0 saturated carbocycles. The zero-order valence-corrected chi connectivity index (χ0v) is 9.53. The lowest BCUT2D eigenvalue weighted by atomic mass is 10.1. The molecule has 0 spiro atoms. The van der Waals surface area contributed by atoms with Crippen molar-refractivity contribution in [3.05, 3.63) is 39.9 Å². The fourth-order valence-corrected chi connectivity index (χ4v) is 2.00. The smallest absolute Gasteiger partial charge is 0.258 e. The molecular formula is C10H12BrNO2. The first kappa shape index (κ1) is 11.2. The van der Waals surface area contributed by atoms with E-state index in [1.165, 1.54) is 6.07 Å². The van der Waals surface area contributed by atoms with Gasteiger partial charge in [0.15, 0.2) is 0 Å². The van der Waals surface area contributed by atoms with Crippen LogP contribution in [0.25, 0.3) is 0 Å². The number of halogens is 1. The van der Waals surface area contributed by atoms with Gasteiger partial charge in [-0.05, 0) is 12.0 Å². The minimum absolute atomic E-state index is 0.156. The number of rotatable bonds is 4. The van der Waals surface area contributed by atoms with Crippen molar-refractivity contribution in [2.24, 2.45) is 0 Å². The molecule has 1 aromatic rings. The van der Waals surface area contributed by atoms with Crippen LogP contribution in [0.3, 0.4) is 0 Å². The van der Waals surface area contributed by atoms with E-state index in [1.807, 2.05) is 6.07 Å². The average molecular weight is 258 g/mol. The van der Waals surface area contributed by atoms with Crippen LogP contribution in [-0.4, -0.2) is 4.92 Å². The van der Waals surface area contributed by atoms with Crippen molar-refractivity contribution < 1.29 is 4.92 Å². The van der Waals surface area contributed by atoms with Gasteiger partial charge in [-0.2, -0.15) is 0 Å². The molecule has 0 heterocycles. The molecule has 4 heteroatoms. The van der Waals surface area contributed by atoms with Gasteiger partial charge in [0.25, 0.3) is 5.69 Å². The van der Waals surface area contributed by atoms with Crippen LogP contribution in [0.15, 0.2) is 24.3 Å². The Hall–Kier alpha value is -0.900. The summed E-state index contributed by atoms with van der Waals surface area (Å²) < 4.78 is 0. The van der Waals surface area contributed by atoms with Gasteiger partial charge in [0.2, 0.25) is 0 Å². The first-order chi connectivity index (χ1) is 6.65. The zero-order valence-electron chi connectivity index (χ0n) is 7.94. The Bertz CT molecular complexity index is 328. The third-order valence-corrected chi connectivity index (χ3v) is 2.97. The van der Waals surface area contributed by atoms with Crippen molar-refractivity contribution in [2.45, 2.75) is 24.6 Å². The van der Waals surface area contributed by atoms with Crippen molar-refractivity contribution in [1.82, 2.24) is 0 Å². The van der Waals surface area contributed by atoms with Gasteiger partial charge >= 0.3 is 0 Å². The van der Waals surface area contributed by atoms with Crippen LogP contribution in [0.2, 0.25) is 0 Å². The van der Waals surface area contributed by atoms with E-state index in [0.717, 1.165) is 18.4 Å². The molecule has 1 atom stereocenters. The standard InChI is InChI=1S/C10H12BrNO2/c1-2-4-10(11)8-5-3-6-9(7-8)12(13)14/h3,5-7,10H,2,4H2,1H3/t10-/m1/s1. The fraction of sp³-hybridized carbons (Fsp3) is 0.400. The van der Waals surface area contributed by atoms with E-state index in [0.29, 0.717) is 0 Å². The third-order valence-electron chi connectivity index (χ3n) is 1.98. The molecule has 0 fully saturated rings. The van der Waals surface area contributed by atoms with Gasteiger partial charge in [-0.25, -0.2) is 0 Å². The van der Waals surface area contributed by atoms with E-state index in [9.17, 15) is 10.1 Å². The van der Waals surface area contributed by atoms with Crippen molar-refractivity contribution in [3.63, 3.8) is 0 Å². The second-order valence-electron chi connectivity index (χ2n) is 3.11. The highest BCUT2D eigenvalue weighted by Crippen LogP contribution is 2.29. The Kier molecular flexibility index (Phi) is 4.07. The molecule has 0 bridgehead atoms. The number of hydrogen-bond acceptors (Lipinski definition) is 2. The summed E-state index contributed by atoms with van der Waals surface area (Å²) in [6.07, 6.45) is 2.04. The number of alkyl halides is 1.